The summed E-state index contributed by atoms with van der Waals surface area (Å²) in [4.78, 5) is 12.0. The molecule has 0 bridgehead atoms. The lowest BCUT2D eigenvalue weighted by atomic mass is 10.2. The van der Waals surface area contributed by atoms with E-state index in [0.717, 1.165) is 12.8 Å². The number of amides is 1. The highest BCUT2D eigenvalue weighted by molar-refractivity contribution is 7.92. The maximum Gasteiger partial charge on any atom is 0.251 e. The summed E-state index contributed by atoms with van der Waals surface area (Å²) in [6.07, 6.45) is 2.06. The average Bonchev–Trinajstić information content (AvgIpc) is 2.85. The van der Waals surface area contributed by atoms with Gasteiger partial charge in [0.15, 0.2) is 9.84 Å². The van der Waals surface area contributed by atoms with E-state index in [9.17, 15) is 21.6 Å². The van der Waals surface area contributed by atoms with Crippen molar-refractivity contribution in [2.45, 2.75) is 37.1 Å². The largest absolute Gasteiger partial charge is 0.352 e. The van der Waals surface area contributed by atoms with Crippen LogP contribution in [0.2, 0.25) is 0 Å². The van der Waals surface area contributed by atoms with Crippen molar-refractivity contribution in [2.24, 2.45) is 0 Å². The molecule has 0 saturated carbocycles. The minimum absolute atomic E-state index is 0.0138. The molecule has 2 rings (SSSR count). The molecular formula is C15H22N2O5S2. The first-order valence-corrected chi connectivity index (χ1v) is 11.1. The van der Waals surface area contributed by atoms with Crippen molar-refractivity contribution in [2.75, 3.05) is 18.1 Å². The highest BCUT2D eigenvalue weighted by Gasteiger charge is 2.31. The zero-order chi connectivity index (χ0) is 17.8. The molecule has 1 aliphatic heterocycles. The van der Waals surface area contributed by atoms with Crippen LogP contribution in [0.3, 0.4) is 0 Å². The van der Waals surface area contributed by atoms with Crippen LogP contribution in [0.4, 0.5) is 0 Å². The molecule has 24 heavy (non-hydrogen) atoms. The van der Waals surface area contributed by atoms with Crippen molar-refractivity contribution >= 4 is 25.8 Å². The van der Waals surface area contributed by atoms with Crippen LogP contribution in [-0.2, 0) is 19.9 Å². The fourth-order valence-electron chi connectivity index (χ4n) is 2.46. The van der Waals surface area contributed by atoms with E-state index in [-0.39, 0.29) is 34.3 Å². The van der Waals surface area contributed by atoms with E-state index < -0.39 is 25.9 Å². The molecule has 2 N–H and O–H groups in total. The van der Waals surface area contributed by atoms with Crippen LogP contribution in [0.25, 0.3) is 0 Å². The summed E-state index contributed by atoms with van der Waals surface area (Å²) in [7, 11) is -7.05. The number of benzene rings is 1. The summed E-state index contributed by atoms with van der Waals surface area (Å²) in [5.41, 5.74) is 0.257. The van der Waals surface area contributed by atoms with Gasteiger partial charge >= 0.3 is 0 Å². The Hall–Kier alpha value is -1.45. The molecule has 0 spiro atoms. The predicted molar refractivity (Wildman–Crippen MR) is 91.1 cm³/mol. The second kappa shape index (κ2) is 7.62. The molecule has 7 nitrogen and oxygen atoms in total. The summed E-state index contributed by atoms with van der Waals surface area (Å²) in [5.74, 6) is -0.535. The Kier molecular flexibility index (Phi) is 6.00. The SMILES string of the molecule is CCCCNC(=O)c1cccc(S(=O)(=O)NC2CCS(=O)(=O)C2)c1. The molecule has 1 aromatic carbocycles. The van der Waals surface area contributed by atoms with Crippen molar-refractivity contribution in [3.05, 3.63) is 29.8 Å². The third kappa shape index (κ3) is 5.02. The van der Waals surface area contributed by atoms with Gasteiger partial charge in [-0.05, 0) is 31.0 Å². The zero-order valence-electron chi connectivity index (χ0n) is 13.5. The Balaban J connectivity index is 2.10. The molecule has 1 atom stereocenters. The molecule has 0 radical (unpaired) electrons. The lowest BCUT2D eigenvalue weighted by Crippen LogP contribution is -2.35. The third-order valence-electron chi connectivity index (χ3n) is 3.78. The molecule has 134 valence electrons. The monoisotopic (exact) mass is 374 g/mol. The molecule has 1 unspecified atom stereocenters. The van der Waals surface area contributed by atoms with Gasteiger partial charge in [0.05, 0.1) is 16.4 Å². The Labute approximate surface area is 142 Å². The van der Waals surface area contributed by atoms with Gasteiger partial charge in [0.25, 0.3) is 5.91 Å². The normalized spacial score (nSPS) is 20.0. The number of carbonyl (C=O) groups excluding carboxylic acids is 1. The summed E-state index contributed by atoms with van der Waals surface area (Å²) in [5, 5.41) is 2.73. The Morgan fingerprint density at radius 3 is 2.71 bits per heavy atom. The smallest absolute Gasteiger partial charge is 0.251 e. The molecule has 1 amide bonds. The van der Waals surface area contributed by atoms with Crippen molar-refractivity contribution in [3.8, 4) is 0 Å². The maximum absolute atomic E-state index is 12.4. The van der Waals surface area contributed by atoms with Crippen LogP contribution in [0.1, 0.15) is 36.5 Å². The van der Waals surface area contributed by atoms with Crippen LogP contribution >= 0.6 is 0 Å². The van der Waals surface area contributed by atoms with Gasteiger partial charge in [-0.2, -0.15) is 0 Å². The van der Waals surface area contributed by atoms with Crippen LogP contribution in [-0.4, -0.2) is 46.8 Å². The second-order valence-corrected chi connectivity index (χ2v) is 9.80. The lowest BCUT2D eigenvalue weighted by molar-refractivity contribution is 0.0953. The number of hydrogen-bond acceptors (Lipinski definition) is 5. The topological polar surface area (TPSA) is 109 Å². The minimum Gasteiger partial charge on any atom is -0.352 e. The van der Waals surface area contributed by atoms with Crippen LogP contribution < -0.4 is 10.0 Å². The first kappa shape index (κ1) is 18.9. The van der Waals surface area contributed by atoms with E-state index in [4.69, 9.17) is 0 Å². The van der Waals surface area contributed by atoms with E-state index in [1.807, 2.05) is 6.92 Å². The molecule has 1 fully saturated rings. The minimum atomic E-state index is -3.87. The fourth-order valence-corrected chi connectivity index (χ4v) is 5.56. The first-order chi connectivity index (χ1) is 11.2. The second-order valence-electron chi connectivity index (χ2n) is 5.86. The molecule has 1 saturated heterocycles. The van der Waals surface area contributed by atoms with Gasteiger partial charge in [0.1, 0.15) is 0 Å². The van der Waals surface area contributed by atoms with Crippen molar-refractivity contribution in [1.82, 2.24) is 10.0 Å². The van der Waals surface area contributed by atoms with E-state index in [1.165, 1.54) is 18.2 Å². The standard InChI is InChI=1S/C15H22N2O5S2/c1-2-3-8-16-15(18)12-5-4-6-14(10-12)24(21,22)17-13-7-9-23(19,20)11-13/h4-6,10,13,17H,2-3,7-9,11H2,1H3,(H,16,18). The van der Waals surface area contributed by atoms with Gasteiger partial charge < -0.3 is 5.32 Å². The number of sulfonamides is 1. The van der Waals surface area contributed by atoms with Gasteiger partial charge in [-0.25, -0.2) is 21.6 Å². The van der Waals surface area contributed by atoms with Gasteiger partial charge in [0, 0.05) is 18.2 Å². The van der Waals surface area contributed by atoms with Gasteiger partial charge in [-0.1, -0.05) is 19.4 Å². The Bertz CT molecular complexity index is 803. The van der Waals surface area contributed by atoms with Gasteiger partial charge in [-0.3, -0.25) is 4.79 Å². The first-order valence-electron chi connectivity index (χ1n) is 7.84. The number of carbonyl (C=O) groups is 1. The quantitative estimate of drug-likeness (QED) is 0.682. The van der Waals surface area contributed by atoms with Gasteiger partial charge in [0.2, 0.25) is 10.0 Å². The van der Waals surface area contributed by atoms with E-state index >= 15 is 0 Å². The highest BCUT2D eigenvalue weighted by Crippen LogP contribution is 2.17. The number of nitrogens with one attached hydrogen (secondary N) is 2. The summed E-state index contributed by atoms with van der Waals surface area (Å²) >= 11 is 0. The molecule has 0 aliphatic carbocycles. The average molecular weight is 374 g/mol. The number of hydrogen-bond donors (Lipinski definition) is 2. The summed E-state index contributed by atoms with van der Waals surface area (Å²) in [6.45, 7) is 2.54. The van der Waals surface area contributed by atoms with Crippen molar-refractivity contribution in [3.63, 3.8) is 0 Å². The number of rotatable bonds is 7. The number of unbranched alkanes of at least 4 members (excludes halogenated alkanes) is 1. The van der Waals surface area contributed by atoms with E-state index in [0.29, 0.717) is 6.54 Å². The molecule has 0 aromatic heterocycles. The highest BCUT2D eigenvalue weighted by atomic mass is 32.2. The molecular weight excluding hydrogens is 352 g/mol. The Morgan fingerprint density at radius 1 is 1.33 bits per heavy atom. The van der Waals surface area contributed by atoms with Crippen LogP contribution in [0.5, 0.6) is 0 Å². The van der Waals surface area contributed by atoms with Gasteiger partial charge in [-0.15, -0.1) is 0 Å². The van der Waals surface area contributed by atoms with Crippen molar-refractivity contribution in [1.29, 1.82) is 0 Å². The summed E-state index contributed by atoms with van der Waals surface area (Å²) in [6, 6.07) is 5.10. The zero-order valence-corrected chi connectivity index (χ0v) is 15.1. The fraction of sp³-hybridized carbons (Fsp3) is 0.533. The van der Waals surface area contributed by atoms with Crippen LogP contribution in [0, 0.1) is 0 Å². The lowest BCUT2D eigenvalue weighted by Gasteiger charge is -2.12. The van der Waals surface area contributed by atoms with E-state index in [1.54, 1.807) is 6.07 Å². The summed E-state index contributed by atoms with van der Waals surface area (Å²) < 4.78 is 50.1. The number of sulfone groups is 1. The maximum atomic E-state index is 12.4. The Morgan fingerprint density at radius 2 is 2.08 bits per heavy atom. The molecule has 1 aliphatic rings. The van der Waals surface area contributed by atoms with E-state index in [2.05, 4.69) is 10.0 Å². The van der Waals surface area contributed by atoms with Crippen LogP contribution in [0.15, 0.2) is 29.2 Å². The molecule has 1 aromatic rings. The predicted octanol–water partition coefficient (Wildman–Crippen LogP) is 0.682. The van der Waals surface area contributed by atoms with Crippen molar-refractivity contribution < 1.29 is 21.6 Å². The molecule has 1 heterocycles. The molecule has 9 heteroatoms. The third-order valence-corrected chi connectivity index (χ3v) is 7.06.